The number of aliphatic hydroxyl groups is 1. The zero-order chi connectivity index (χ0) is 7.99. The zero-order valence-corrected chi connectivity index (χ0v) is 7.44. The third kappa shape index (κ3) is 1.34. The number of hydrogen-bond acceptors (Lipinski definition) is 1. The van der Waals surface area contributed by atoms with E-state index in [4.69, 9.17) is 0 Å². The van der Waals surface area contributed by atoms with Crippen molar-refractivity contribution < 1.29 is 5.11 Å². The minimum atomic E-state index is -0.307. The van der Waals surface area contributed by atoms with Crippen molar-refractivity contribution in [3.63, 3.8) is 0 Å². The highest BCUT2D eigenvalue weighted by Crippen LogP contribution is 2.48. The fraction of sp³-hybridized carbons (Fsp3) is 1.00. The summed E-state index contributed by atoms with van der Waals surface area (Å²) in [6.45, 7) is 8.71. The first-order chi connectivity index (χ1) is 4.36. The predicted octanol–water partition coefficient (Wildman–Crippen LogP) is 2.19. The maximum atomic E-state index is 9.73. The average Bonchev–Trinajstić information content (AvgIpc) is 2.45. The molecule has 1 aliphatic carbocycles. The molecule has 0 radical (unpaired) electrons. The van der Waals surface area contributed by atoms with Crippen LogP contribution < -0.4 is 0 Å². The van der Waals surface area contributed by atoms with Crippen molar-refractivity contribution in [2.45, 2.75) is 46.1 Å². The van der Waals surface area contributed by atoms with Gasteiger partial charge in [-0.1, -0.05) is 27.7 Å². The van der Waals surface area contributed by atoms with Crippen LogP contribution in [0.25, 0.3) is 0 Å². The lowest BCUT2D eigenvalue weighted by atomic mass is 9.77. The molecule has 0 bridgehead atoms. The molecule has 60 valence electrons. The largest absolute Gasteiger partial charge is 0.390 e. The molecule has 0 saturated heterocycles. The Morgan fingerprint density at radius 2 is 1.70 bits per heavy atom. The van der Waals surface area contributed by atoms with Gasteiger partial charge in [-0.05, 0) is 24.2 Å². The van der Waals surface area contributed by atoms with Crippen LogP contribution in [0.2, 0.25) is 0 Å². The summed E-state index contributed by atoms with van der Waals surface area (Å²) < 4.78 is 0. The van der Waals surface area contributed by atoms with Crippen molar-refractivity contribution in [2.24, 2.45) is 11.3 Å². The molecule has 0 aromatic carbocycles. The highest BCUT2D eigenvalue weighted by atomic mass is 16.3. The van der Waals surface area contributed by atoms with E-state index in [2.05, 4.69) is 27.7 Å². The van der Waals surface area contributed by atoms with Gasteiger partial charge < -0.3 is 5.11 Å². The number of hydrogen-bond donors (Lipinski definition) is 1. The molecule has 1 fully saturated rings. The van der Waals surface area contributed by atoms with Crippen LogP contribution in [-0.4, -0.2) is 10.7 Å². The average molecular weight is 142 g/mol. The summed E-state index contributed by atoms with van der Waals surface area (Å²) in [4.78, 5) is 0. The van der Waals surface area contributed by atoms with E-state index < -0.39 is 0 Å². The Balaban J connectivity index is 2.57. The Hall–Kier alpha value is -0.0400. The SMILES string of the molecule is CC(C(C)(C)C)C1(O)CC1. The van der Waals surface area contributed by atoms with Crippen molar-refractivity contribution in [3.8, 4) is 0 Å². The van der Waals surface area contributed by atoms with E-state index in [9.17, 15) is 5.11 Å². The van der Waals surface area contributed by atoms with Gasteiger partial charge in [-0.2, -0.15) is 0 Å². The highest BCUT2D eigenvalue weighted by molar-refractivity contribution is 5.01. The molecular formula is C9H18O. The second-order valence-corrected chi connectivity index (χ2v) is 4.69. The van der Waals surface area contributed by atoms with Crippen LogP contribution in [0.15, 0.2) is 0 Å². The zero-order valence-electron chi connectivity index (χ0n) is 7.44. The molecule has 1 atom stereocenters. The molecule has 0 spiro atoms. The highest BCUT2D eigenvalue weighted by Gasteiger charge is 2.49. The van der Waals surface area contributed by atoms with Crippen molar-refractivity contribution in [1.29, 1.82) is 0 Å². The molecule has 1 unspecified atom stereocenters. The molecule has 1 nitrogen and oxygen atoms in total. The quantitative estimate of drug-likeness (QED) is 0.595. The second-order valence-electron chi connectivity index (χ2n) is 4.69. The van der Waals surface area contributed by atoms with Gasteiger partial charge in [0, 0.05) is 0 Å². The lowest BCUT2D eigenvalue weighted by molar-refractivity contribution is 0.0319. The Labute approximate surface area is 63.4 Å². The summed E-state index contributed by atoms with van der Waals surface area (Å²) in [5, 5.41) is 9.73. The Kier molecular flexibility index (Phi) is 1.59. The predicted molar refractivity (Wildman–Crippen MR) is 42.8 cm³/mol. The van der Waals surface area contributed by atoms with Crippen LogP contribution in [0.5, 0.6) is 0 Å². The van der Waals surface area contributed by atoms with E-state index in [1.165, 1.54) is 0 Å². The minimum absolute atomic E-state index is 0.255. The molecule has 0 aromatic heterocycles. The molecule has 1 N–H and O–H groups in total. The third-order valence-corrected chi connectivity index (χ3v) is 2.87. The summed E-state index contributed by atoms with van der Waals surface area (Å²) in [5.41, 5.74) is -0.0521. The lowest BCUT2D eigenvalue weighted by Gasteiger charge is -2.31. The van der Waals surface area contributed by atoms with Gasteiger partial charge in [-0.25, -0.2) is 0 Å². The smallest absolute Gasteiger partial charge is 0.0680 e. The van der Waals surface area contributed by atoms with Crippen LogP contribution in [0.1, 0.15) is 40.5 Å². The van der Waals surface area contributed by atoms with E-state index in [1.54, 1.807) is 0 Å². The summed E-state index contributed by atoms with van der Waals surface area (Å²) >= 11 is 0. The van der Waals surface area contributed by atoms with Crippen molar-refractivity contribution in [2.75, 3.05) is 0 Å². The molecule has 0 heterocycles. The maximum Gasteiger partial charge on any atom is 0.0680 e. The molecule has 1 rings (SSSR count). The van der Waals surface area contributed by atoms with Crippen LogP contribution in [0.3, 0.4) is 0 Å². The van der Waals surface area contributed by atoms with Crippen molar-refractivity contribution in [1.82, 2.24) is 0 Å². The number of rotatable bonds is 1. The molecule has 1 aliphatic rings. The molecule has 1 saturated carbocycles. The summed E-state index contributed by atoms with van der Waals surface area (Å²) in [5.74, 6) is 0.431. The van der Waals surface area contributed by atoms with Gasteiger partial charge in [-0.3, -0.25) is 0 Å². The Bertz CT molecular complexity index is 123. The monoisotopic (exact) mass is 142 g/mol. The van der Waals surface area contributed by atoms with Crippen LogP contribution in [0, 0.1) is 11.3 Å². The molecular weight excluding hydrogens is 124 g/mol. The first-order valence-corrected chi connectivity index (χ1v) is 4.09. The van der Waals surface area contributed by atoms with Crippen molar-refractivity contribution >= 4 is 0 Å². The van der Waals surface area contributed by atoms with Gasteiger partial charge in [0.2, 0.25) is 0 Å². The molecule has 10 heavy (non-hydrogen) atoms. The third-order valence-electron chi connectivity index (χ3n) is 2.87. The van der Waals surface area contributed by atoms with E-state index >= 15 is 0 Å². The topological polar surface area (TPSA) is 20.2 Å². The van der Waals surface area contributed by atoms with E-state index in [0.29, 0.717) is 5.92 Å². The van der Waals surface area contributed by atoms with E-state index in [-0.39, 0.29) is 11.0 Å². The van der Waals surface area contributed by atoms with Gasteiger partial charge in [-0.15, -0.1) is 0 Å². The fourth-order valence-electron chi connectivity index (χ4n) is 1.37. The molecule has 0 amide bonds. The van der Waals surface area contributed by atoms with Gasteiger partial charge in [0.1, 0.15) is 0 Å². The standard InChI is InChI=1S/C9H18O/c1-7(8(2,3)4)9(10)5-6-9/h7,10H,5-6H2,1-4H3. The fourth-order valence-corrected chi connectivity index (χ4v) is 1.37. The second kappa shape index (κ2) is 1.97. The normalized spacial score (nSPS) is 26.1. The molecule has 1 heteroatoms. The van der Waals surface area contributed by atoms with Crippen LogP contribution in [0.4, 0.5) is 0 Å². The lowest BCUT2D eigenvalue weighted by Crippen LogP contribution is -2.31. The van der Waals surface area contributed by atoms with Gasteiger partial charge in [0.25, 0.3) is 0 Å². The van der Waals surface area contributed by atoms with Gasteiger partial charge in [0.05, 0.1) is 5.60 Å². The van der Waals surface area contributed by atoms with Gasteiger partial charge >= 0.3 is 0 Å². The molecule has 0 aliphatic heterocycles. The minimum Gasteiger partial charge on any atom is -0.390 e. The van der Waals surface area contributed by atoms with Crippen molar-refractivity contribution in [3.05, 3.63) is 0 Å². The van der Waals surface area contributed by atoms with E-state index in [1.807, 2.05) is 0 Å². The Morgan fingerprint density at radius 3 is 1.80 bits per heavy atom. The van der Waals surface area contributed by atoms with Crippen LogP contribution >= 0.6 is 0 Å². The van der Waals surface area contributed by atoms with Crippen LogP contribution in [-0.2, 0) is 0 Å². The maximum absolute atomic E-state index is 9.73. The summed E-state index contributed by atoms with van der Waals surface area (Å²) in [6.07, 6.45) is 2.01. The first-order valence-electron chi connectivity index (χ1n) is 4.09. The Morgan fingerprint density at radius 1 is 1.30 bits per heavy atom. The summed E-state index contributed by atoms with van der Waals surface area (Å²) in [6, 6.07) is 0. The molecule has 0 aromatic rings. The van der Waals surface area contributed by atoms with E-state index in [0.717, 1.165) is 12.8 Å². The first kappa shape index (κ1) is 8.06. The summed E-state index contributed by atoms with van der Waals surface area (Å²) in [7, 11) is 0. The van der Waals surface area contributed by atoms with Gasteiger partial charge in [0.15, 0.2) is 0 Å².